The number of aromatic hydroxyl groups is 1. The van der Waals surface area contributed by atoms with Crippen LogP contribution in [0.4, 0.5) is 0 Å². The first-order valence-electron chi connectivity index (χ1n) is 23.3. The van der Waals surface area contributed by atoms with Gasteiger partial charge in [-0.1, -0.05) is 32.4 Å². The van der Waals surface area contributed by atoms with Gasteiger partial charge in [-0.05, 0) is 101 Å². The number of carboxylic acids is 1. The van der Waals surface area contributed by atoms with Crippen molar-refractivity contribution in [2.75, 3.05) is 26.2 Å². The zero-order valence-corrected chi connectivity index (χ0v) is 40.2. The van der Waals surface area contributed by atoms with E-state index >= 15 is 0 Å². The van der Waals surface area contributed by atoms with E-state index in [1.165, 1.54) is 31.2 Å². The van der Waals surface area contributed by atoms with E-state index in [4.69, 9.17) is 34.1 Å². The first kappa shape index (κ1) is 61.4. The van der Waals surface area contributed by atoms with E-state index in [1.807, 2.05) is 0 Å². The molecule has 8 amide bonds. The monoisotopic (exact) mass is 993 g/mol. The van der Waals surface area contributed by atoms with Crippen molar-refractivity contribution in [2.24, 2.45) is 34.6 Å². The molecule has 0 aliphatic heterocycles. The summed E-state index contributed by atoms with van der Waals surface area (Å²) in [5.41, 5.74) is 28.3. The number of aliphatic hydroxyl groups excluding tert-OH is 1. The van der Waals surface area contributed by atoms with E-state index in [0.717, 1.165) is 0 Å². The fourth-order valence-electron chi connectivity index (χ4n) is 6.80. The number of carbonyl (C=O) groups excluding carboxylic acids is 8. The normalized spacial score (nSPS) is 14.5. The van der Waals surface area contributed by atoms with Gasteiger partial charge in [0.2, 0.25) is 47.3 Å². The summed E-state index contributed by atoms with van der Waals surface area (Å²) in [4.78, 5) is 118. The quantitative estimate of drug-likeness (QED) is 0.0173. The average Bonchev–Trinajstić information content (AvgIpc) is 3.28. The Bertz CT molecular complexity index is 1890. The summed E-state index contributed by atoms with van der Waals surface area (Å²) in [7, 11) is 0. The Kier molecular flexibility index (Phi) is 28.9. The molecule has 0 saturated carbocycles. The second kappa shape index (κ2) is 33.0. The molecule has 26 nitrogen and oxygen atoms in total. The largest absolute Gasteiger partial charge is 0.508 e. The highest BCUT2D eigenvalue weighted by molar-refractivity contribution is 5.97. The minimum Gasteiger partial charge on any atom is -0.508 e. The van der Waals surface area contributed by atoms with E-state index in [-0.39, 0.29) is 75.7 Å². The van der Waals surface area contributed by atoms with Gasteiger partial charge >= 0.3 is 5.97 Å². The van der Waals surface area contributed by atoms with Gasteiger partial charge in [-0.3, -0.25) is 43.8 Å². The Morgan fingerprint density at radius 3 is 1.64 bits per heavy atom. The van der Waals surface area contributed by atoms with Crippen LogP contribution in [0, 0.1) is 11.3 Å². The molecule has 0 bridgehead atoms. The van der Waals surface area contributed by atoms with Crippen molar-refractivity contribution in [1.29, 1.82) is 5.41 Å². The maximum Gasteiger partial charge on any atom is 0.326 e. The van der Waals surface area contributed by atoms with Gasteiger partial charge in [-0.2, -0.15) is 0 Å². The number of aliphatic carboxylic acids is 1. The number of phenolic OH excluding ortho intramolecular Hbond substituents is 1. The van der Waals surface area contributed by atoms with Gasteiger partial charge in [-0.25, -0.2) is 4.79 Å². The highest BCUT2D eigenvalue weighted by atomic mass is 16.4. The third-order valence-electron chi connectivity index (χ3n) is 10.7. The second-order valence-corrected chi connectivity index (χ2v) is 17.3. The van der Waals surface area contributed by atoms with Crippen molar-refractivity contribution < 1.29 is 58.5 Å². The number of rotatable bonds is 35. The van der Waals surface area contributed by atoms with Crippen LogP contribution in [0.15, 0.2) is 24.3 Å². The minimum absolute atomic E-state index is 0.00744. The number of guanidine groups is 1. The summed E-state index contributed by atoms with van der Waals surface area (Å²) in [5.74, 6) is -8.91. The van der Waals surface area contributed by atoms with Crippen LogP contribution in [0.2, 0.25) is 0 Å². The van der Waals surface area contributed by atoms with Gasteiger partial charge in [0.15, 0.2) is 5.96 Å². The van der Waals surface area contributed by atoms with Gasteiger partial charge in [0.25, 0.3) is 0 Å². The van der Waals surface area contributed by atoms with Crippen LogP contribution >= 0.6 is 0 Å². The molecular weight excluding hydrogens is 917 g/mol. The lowest BCUT2D eigenvalue weighted by Gasteiger charge is -2.27. The molecule has 0 aliphatic carbocycles. The Labute approximate surface area is 407 Å². The molecule has 0 saturated heterocycles. The summed E-state index contributed by atoms with van der Waals surface area (Å²) in [6.07, 6.45) is 0.0457. The molecule has 8 atom stereocenters. The molecule has 0 heterocycles. The molecule has 1 aromatic rings. The lowest BCUT2D eigenvalue weighted by molar-refractivity contribution is -0.143. The molecule has 26 heteroatoms. The van der Waals surface area contributed by atoms with Crippen LogP contribution in [-0.2, 0) is 49.6 Å². The van der Waals surface area contributed by atoms with Crippen LogP contribution < -0.4 is 71.2 Å². The number of aliphatic hydroxyl groups is 1. The fraction of sp³-hybridized carbons (Fsp3) is 0.636. The number of benzene rings is 1. The van der Waals surface area contributed by atoms with Gasteiger partial charge in [0.1, 0.15) is 42.0 Å². The first-order valence-corrected chi connectivity index (χ1v) is 23.3. The summed E-state index contributed by atoms with van der Waals surface area (Å²) in [6.45, 7) is 4.71. The zero-order chi connectivity index (χ0) is 52.9. The highest BCUT2D eigenvalue weighted by Crippen LogP contribution is 2.14. The number of hydrogen-bond acceptors (Lipinski definition) is 15. The molecule has 0 unspecified atom stereocenters. The number of carboxylic acid groups (broad SMARTS) is 1. The molecular formula is C44H76N14O12. The summed E-state index contributed by atoms with van der Waals surface area (Å²) < 4.78 is 0. The average molecular weight is 993 g/mol. The Hall–Kier alpha value is -6.64. The van der Waals surface area contributed by atoms with E-state index < -0.39 is 115 Å². The fourth-order valence-corrected chi connectivity index (χ4v) is 6.80. The van der Waals surface area contributed by atoms with Crippen LogP contribution in [0.1, 0.15) is 97.0 Å². The SMILES string of the molecule is CC(C)C[C@H](NC(=O)[C@H](CCCCN)NC(=O)[C@H](Cc1ccc(O)cc1)NC(=O)[C@H](CCC(N)=O)NC(=O)CNC(=O)[C@@H](NC(=O)[C@H](CCCNC(=N)N)NC(=O)[C@@H](N)CCCCN)[C@@H](C)O)C(=O)O. The number of hydrogen-bond donors (Lipinski definition) is 17. The molecule has 0 radical (unpaired) electrons. The number of primary amides is 1. The van der Waals surface area contributed by atoms with Crippen molar-refractivity contribution >= 4 is 59.2 Å². The van der Waals surface area contributed by atoms with E-state index in [0.29, 0.717) is 37.8 Å². The maximum absolute atomic E-state index is 14.0. The van der Waals surface area contributed by atoms with Crippen molar-refractivity contribution in [3.63, 3.8) is 0 Å². The van der Waals surface area contributed by atoms with Crippen LogP contribution in [-0.4, -0.2) is 149 Å². The molecule has 1 rings (SSSR count). The summed E-state index contributed by atoms with van der Waals surface area (Å²) in [6, 6.07) is -3.87. The Balaban J connectivity index is 3.33. The van der Waals surface area contributed by atoms with Crippen molar-refractivity contribution in [2.45, 2.75) is 146 Å². The Morgan fingerprint density at radius 1 is 0.614 bits per heavy atom. The molecule has 0 aromatic heterocycles. The zero-order valence-electron chi connectivity index (χ0n) is 40.2. The van der Waals surface area contributed by atoms with Gasteiger partial charge in [-0.15, -0.1) is 0 Å². The van der Waals surface area contributed by atoms with Crippen molar-refractivity contribution in [3.8, 4) is 5.75 Å². The van der Waals surface area contributed by atoms with E-state index in [2.05, 4.69) is 42.5 Å². The van der Waals surface area contributed by atoms with Gasteiger partial charge in [0, 0.05) is 19.4 Å². The van der Waals surface area contributed by atoms with Crippen LogP contribution in [0.5, 0.6) is 5.75 Å². The van der Waals surface area contributed by atoms with Gasteiger partial charge in [0.05, 0.1) is 18.7 Å². The van der Waals surface area contributed by atoms with Crippen molar-refractivity contribution in [3.05, 3.63) is 29.8 Å². The van der Waals surface area contributed by atoms with E-state index in [1.54, 1.807) is 13.8 Å². The lowest BCUT2D eigenvalue weighted by Crippen LogP contribution is -2.60. The predicted octanol–water partition coefficient (Wildman–Crippen LogP) is -4.41. The molecule has 22 N–H and O–H groups in total. The third kappa shape index (κ3) is 25.1. The second-order valence-electron chi connectivity index (χ2n) is 17.3. The topological polar surface area (TPSA) is 465 Å². The predicted molar refractivity (Wildman–Crippen MR) is 257 cm³/mol. The minimum atomic E-state index is -1.67. The summed E-state index contributed by atoms with van der Waals surface area (Å²) in [5, 5.41) is 57.3. The van der Waals surface area contributed by atoms with Crippen LogP contribution in [0.3, 0.4) is 0 Å². The standard InChI is InChI=1S/C44H76N14O12/c1-24(2)21-33(43(69)70)57-38(64)29(10-5-7-19-46)55-41(67)32(22-26-12-14-27(60)15-13-26)56-39(65)31(16-17-34(48)61)53-35(62)23-52-42(68)36(25(3)59)58-40(66)30(11-8-20-51-44(49)50)54-37(63)28(47)9-4-6-18-45/h12-15,24-25,28-33,36,59-60H,4-11,16-23,45-47H2,1-3H3,(H2,48,61)(H,52,68)(H,53,62)(H,54,63)(H,55,67)(H,56,65)(H,57,64)(H,58,66)(H,69,70)(H4,49,50,51)/t25-,28+,29+,30+,31+,32+,33+,36+/m1/s1. The molecule has 394 valence electrons. The third-order valence-corrected chi connectivity index (χ3v) is 10.7. The summed E-state index contributed by atoms with van der Waals surface area (Å²) >= 11 is 0. The molecule has 70 heavy (non-hydrogen) atoms. The smallest absolute Gasteiger partial charge is 0.326 e. The maximum atomic E-state index is 14.0. The van der Waals surface area contributed by atoms with Gasteiger partial charge < -0.3 is 86.5 Å². The number of amides is 8. The number of unbranched alkanes of at least 4 members (excludes halogenated alkanes) is 2. The molecule has 0 aliphatic rings. The first-order chi connectivity index (χ1) is 33.0. The van der Waals surface area contributed by atoms with Crippen LogP contribution in [0.25, 0.3) is 0 Å². The van der Waals surface area contributed by atoms with Crippen molar-refractivity contribution in [1.82, 2.24) is 42.5 Å². The van der Waals surface area contributed by atoms with E-state index in [9.17, 15) is 58.5 Å². The number of nitrogens with two attached hydrogens (primary N) is 5. The molecule has 0 fully saturated rings. The number of nitrogens with one attached hydrogen (secondary N) is 9. The number of phenols is 1. The Morgan fingerprint density at radius 2 is 1.11 bits per heavy atom. The lowest BCUT2D eigenvalue weighted by atomic mass is 10.0. The number of carbonyl (C=O) groups is 9. The molecule has 0 spiro atoms. The highest BCUT2D eigenvalue weighted by Gasteiger charge is 2.34. The molecule has 1 aromatic carbocycles.